The van der Waals surface area contributed by atoms with E-state index in [1.165, 1.54) is 18.5 Å². The summed E-state index contributed by atoms with van der Waals surface area (Å²) in [6, 6.07) is 0.724. The van der Waals surface area contributed by atoms with Gasteiger partial charge in [-0.1, -0.05) is 6.92 Å². The maximum absolute atomic E-state index is 5.24. The molecule has 2 heterocycles. The second-order valence-electron chi connectivity index (χ2n) is 5.43. The molecule has 1 aliphatic carbocycles. The number of ether oxygens (including phenoxy) is 1. The lowest BCUT2D eigenvalue weighted by atomic mass is 9.89. The zero-order valence-electron chi connectivity index (χ0n) is 9.78. The number of nitrogens with one attached hydrogen (secondary N) is 1. The quantitative estimate of drug-likeness (QED) is 0.815. The predicted octanol–water partition coefficient (Wildman–Crippen LogP) is 1.34. The van der Waals surface area contributed by atoms with E-state index in [1.807, 2.05) is 12.5 Å². The fourth-order valence-electron chi connectivity index (χ4n) is 2.20. The van der Waals surface area contributed by atoms with Crippen LogP contribution < -0.4 is 5.32 Å². The van der Waals surface area contributed by atoms with Crippen LogP contribution in [0.1, 0.15) is 31.5 Å². The summed E-state index contributed by atoms with van der Waals surface area (Å²) in [6.45, 7) is 6.00. The van der Waals surface area contributed by atoms with E-state index < -0.39 is 0 Å². The Kier molecular flexibility index (Phi) is 2.48. The molecule has 1 saturated heterocycles. The summed E-state index contributed by atoms with van der Waals surface area (Å²) >= 11 is 0. The Hall–Kier alpha value is -0.870. The summed E-state index contributed by atoms with van der Waals surface area (Å²) < 4.78 is 7.55. The second kappa shape index (κ2) is 3.86. The summed E-state index contributed by atoms with van der Waals surface area (Å²) in [5, 5.41) is 3.51. The maximum Gasteiger partial charge on any atom is 0.0951 e. The summed E-state index contributed by atoms with van der Waals surface area (Å²) in [5.41, 5.74) is 1.66. The standard InChI is InChI=1S/C12H19N3O/c1-12(7-16-8-12)6-13-4-11-5-14-9-15(11)10-2-3-10/h5,9-10,13H,2-4,6-8H2,1H3. The SMILES string of the molecule is CC1(CNCc2cncn2C2CC2)COC1. The molecule has 1 aromatic heterocycles. The van der Waals surface area contributed by atoms with Crippen molar-refractivity contribution in [2.45, 2.75) is 32.4 Å². The number of aromatic nitrogens is 2. The summed E-state index contributed by atoms with van der Waals surface area (Å²) in [5.74, 6) is 0. The van der Waals surface area contributed by atoms with Gasteiger partial charge in [-0.25, -0.2) is 4.98 Å². The van der Waals surface area contributed by atoms with Crippen LogP contribution in [0.4, 0.5) is 0 Å². The third-order valence-corrected chi connectivity index (χ3v) is 3.45. The fraction of sp³-hybridized carbons (Fsp3) is 0.750. The van der Waals surface area contributed by atoms with Crippen LogP contribution in [0.2, 0.25) is 0 Å². The number of nitrogens with zero attached hydrogens (tertiary/aromatic N) is 2. The van der Waals surface area contributed by atoms with Gasteiger partial charge in [0.25, 0.3) is 0 Å². The minimum atomic E-state index is 0.352. The lowest BCUT2D eigenvalue weighted by molar-refractivity contribution is -0.0992. The molecule has 2 fully saturated rings. The molecule has 0 aromatic carbocycles. The van der Waals surface area contributed by atoms with Gasteiger partial charge in [-0.2, -0.15) is 0 Å². The van der Waals surface area contributed by atoms with E-state index >= 15 is 0 Å². The monoisotopic (exact) mass is 221 g/mol. The smallest absolute Gasteiger partial charge is 0.0951 e. The molecule has 0 spiro atoms. The molecule has 1 aromatic rings. The van der Waals surface area contributed by atoms with Gasteiger partial charge in [-0.3, -0.25) is 0 Å². The molecule has 1 saturated carbocycles. The Morgan fingerprint density at radius 1 is 1.56 bits per heavy atom. The molecule has 4 nitrogen and oxygen atoms in total. The first kappa shape index (κ1) is 10.3. The van der Waals surface area contributed by atoms with Crippen molar-refractivity contribution in [3.05, 3.63) is 18.2 Å². The summed E-state index contributed by atoms with van der Waals surface area (Å²) in [7, 11) is 0. The topological polar surface area (TPSA) is 39.1 Å². The molecule has 1 N–H and O–H groups in total. The van der Waals surface area contributed by atoms with E-state index in [0.29, 0.717) is 5.41 Å². The van der Waals surface area contributed by atoms with Crippen molar-refractivity contribution < 1.29 is 4.74 Å². The average Bonchev–Trinajstić information content (AvgIpc) is 2.97. The second-order valence-corrected chi connectivity index (χ2v) is 5.43. The van der Waals surface area contributed by atoms with Gasteiger partial charge in [-0.05, 0) is 12.8 Å². The molecular formula is C12H19N3O. The highest BCUT2D eigenvalue weighted by Crippen LogP contribution is 2.35. The molecule has 0 radical (unpaired) electrons. The Bertz CT molecular complexity index is 366. The third kappa shape index (κ3) is 1.99. The van der Waals surface area contributed by atoms with Gasteiger partial charge < -0.3 is 14.6 Å². The number of hydrogen-bond donors (Lipinski definition) is 1. The van der Waals surface area contributed by atoms with Crippen molar-refractivity contribution in [2.75, 3.05) is 19.8 Å². The van der Waals surface area contributed by atoms with Crippen LogP contribution in [-0.4, -0.2) is 29.3 Å². The maximum atomic E-state index is 5.24. The first-order valence-electron chi connectivity index (χ1n) is 6.06. The predicted molar refractivity (Wildman–Crippen MR) is 61.1 cm³/mol. The molecule has 2 aliphatic rings. The molecule has 16 heavy (non-hydrogen) atoms. The van der Waals surface area contributed by atoms with Crippen LogP contribution in [-0.2, 0) is 11.3 Å². The molecular weight excluding hydrogens is 202 g/mol. The molecule has 0 bridgehead atoms. The Labute approximate surface area is 96.0 Å². The Morgan fingerprint density at radius 2 is 2.38 bits per heavy atom. The van der Waals surface area contributed by atoms with Crippen LogP contribution in [0.15, 0.2) is 12.5 Å². The van der Waals surface area contributed by atoms with Gasteiger partial charge in [-0.15, -0.1) is 0 Å². The van der Waals surface area contributed by atoms with E-state index in [1.54, 1.807) is 0 Å². The van der Waals surface area contributed by atoms with Gasteiger partial charge in [0.1, 0.15) is 0 Å². The lowest BCUT2D eigenvalue weighted by Gasteiger charge is -2.38. The average molecular weight is 221 g/mol. The fourth-order valence-corrected chi connectivity index (χ4v) is 2.20. The molecule has 1 aliphatic heterocycles. The molecule has 0 unspecified atom stereocenters. The van der Waals surface area contributed by atoms with Gasteiger partial charge in [0.05, 0.1) is 25.2 Å². The molecule has 0 atom stereocenters. The minimum Gasteiger partial charge on any atom is -0.380 e. The van der Waals surface area contributed by atoms with Crippen LogP contribution in [0, 0.1) is 5.41 Å². The van der Waals surface area contributed by atoms with Crippen molar-refractivity contribution in [3.8, 4) is 0 Å². The van der Waals surface area contributed by atoms with Gasteiger partial charge in [0, 0.05) is 30.7 Å². The number of rotatable bonds is 5. The van der Waals surface area contributed by atoms with E-state index in [-0.39, 0.29) is 0 Å². The van der Waals surface area contributed by atoms with Crippen molar-refractivity contribution in [2.24, 2.45) is 5.41 Å². The van der Waals surface area contributed by atoms with E-state index in [4.69, 9.17) is 4.74 Å². The molecule has 3 rings (SSSR count). The highest BCUT2D eigenvalue weighted by Gasteiger charge is 2.32. The Balaban J connectivity index is 1.52. The van der Waals surface area contributed by atoms with Gasteiger partial charge >= 0.3 is 0 Å². The summed E-state index contributed by atoms with van der Waals surface area (Å²) in [4.78, 5) is 4.23. The molecule has 4 heteroatoms. The zero-order chi connectivity index (χ0) is 11.0. The normalized spacial score (nSPS) is 23.1. The first-order valence-corrected chi connectivity index (χ1v) is 6.06. The number of imidazole rings is 1. The van der Waals surface area contributed by atoms with Crippen LogP contribution in [0.25, 0.3) is 0 Å². The molecule has 88 valence electrons. The number of hydrogen-bond acceptors (Lipinski definition) is 3. The van der Waals surface area contributed by atoms with Crippen molar-refractivity contribution in [1.82, 2.24) is 14.9 Å². The third-order valence-electron chi connectivity index (χ3n) is 3.45. The minimum absolute atomic E-state index is 0.352. The zero-order valence-corrected chi connectivity index (χ0v) is 9.78. The van der Waals surface area contributed by atoms with Gasteiger partial charge in [0.2, 0.25) is 0 Å². The van der Waals surface area contributed by atoms with Crippen LogP contribution >= 0.6 is 0 Å². The molecule has 0 amide bonds. The van der Waals surface area contributed by atoms with Crippen molar-refractivity contribution >= 4 is 0 Å². The Morgan fingerprint density at radius 3 is 3.00 bits per heavy atom. The first-order chi connectivity index (χ1) is 7.77. The van der Waals surface area contributed by atoms with Crippen molar-refractivity contribution in [1.29, 1.82) is 0 Å². The van der Waals surface area contributed by atoms with Crippen LogP contribution in [0.5, 0.6) is 0 Å². The van der Waals surface area contributed by atoms with Crippen molar-refractivity contribution in [3.63, 3.8) is 0 Å². The van der Waals surface area contributed by atoms with Crippen LogP contribution in [0.3, 0.4) is 0 Å². The highest BCUT2D eigenvalue weighted by atomic mass is 16.5. The van der Waals surface area contributed by atoms with Gasteiger partial charge in [0.15, 0.2) is 0 Å². The van der Waals surface area contributed by atoms with E-state index in [2.05, 4.69) is 21.8 Å². The summed E-state index contributed by atoms with van der Waals surface area (Å²) in [6.07, 6.45) is 6.57. The largest absolute Gasteiger partial charge is 0.380 e. The highest BCUT2D eigenvalue weighted by molar-refractivity contribution is 5.03. The van der Waals surface area contributed by atoms with E-state index in [0.717, 1.165) is 32.3 Å². The van der Waals surface area contributed by atoms with E-state index in [9.17, 15) is 0 Å². The lowest BCUT2D eigenvalue weighted by Crippen LogP contribution is -2.47.